The van der Waals surface area contributed by atoms with Crippen LogP contribution in [0.4, 0.5) is 5.13 Å². The molecule has 18 heavy (non-hydrogen) atoms. The molecule has 3 rings (SSSR count). The van der Waals surface area contributed by atoms with E-state index in [2.05, 4.69) is 43.0 Å². The Morgan fingerprint density at radius 3 is 2.44 bits per heavy atom. The van der Waals surface area contributed by atoms with Crippen LogP contribution in [0, 0.1) is 20.8 Å². The molecule has 0 aliphatic heterocycles. The molecule has 1 aromatic carbocycles. The number of nitrogens with two attached hydrogens (primary N) is 1. The van der Waals surface area contributed by atoms with E-state index in [-0.39, 0.29) is 0 Å². The van der Waals surface area contributed by atoms with Crippen LogP contribution < -0.4 is 5.73 Å². The summed E-state index contributed by atoms with van der Waals surface area (Å²) < 4.78 is 1.74. The first-order chi connectivity index (χ1) is 8.54. The smallest absolute Gasteiger partial charge is 0.214 e. The summed E-state index contributed by atoms with van der Waals surface area (Å²) in [6.45, 7) is 6.34. The fourth-order valence-corrected chi connectivity index (χ4v) is 3.07. The molecule has 0 unspecified atom stereocenters. The lowest BCUT2D eigenvalue weighted by Gasteiger charge is -2.08. The van der Waals surface area contributed by atoms with Gasteiger partial charge in [-0.25, -0.2) is 9.50 Å². The number of aromatic nitrogens is 3. The van der Waals surface area contributed by atoms with Crippen molar-refractivity contribution in [3.8, 4) is 11.3 Å². The molecule has 0 bridgehead atoms. The molecule has 0 saturated carbocycles. The Morgan fingerprint density at radius 2 is 1.83 bits per heavy atom. The summed E-state index contributed by atoms with van der Waals surface area (Å²) in [4.78, 5) is 5.43. The highest BCUT2D eigenvalue weighted by Gasteiger charge is 2.12. The number of hydrogen-bond donors (Lipinski definition) is 1. The number of imidazole rings is 1. The normalized spacial score (nSPS) is 11.3. The number of anilines is 1. The molecule has 2 heterocycles. The number of fused-ring (bicyclic) bond motifs is 1. The zero-order chi connectivity index (χ0) is 12.9. The van der Waals surface area contributed by atoms with Gasteiger partial charge in [-0.15, -0.1) is 5.10 Å². The molecule has 5 heteroatoms. The molecule has 0 aliphatic rings. The van der Waals surface area contributed by atoms with E-state index in [4.69, 9.17) is 5.73 Å². The van der Waals surface area contributed by atoms with Gasteiger partial charge in [-0.3, -0.25) is 0 Å². The Hall–Kier alpha value is -1.88. The largest absolute Gasteiger partial charge is 0.374 e. The minimum Gasteiger partial charge on any atom is -0.374 e. The Morgan fingerprint density at radius 1 is 1.17 bits per heavy atom. The van der Waals surface area contributed by atoms with E-state index in [1.54, 1.807) is 4.52 Å². The second-order valence-corrected chi connectivity index (χ2v) is 5.55. The third-order valence-corrected chi connectivity index (χ3v) is 3.74. The van der Waals surface area contributed by atoms with Gasteiger partial charge in [0.1, 0.15) is 0 Å². The maximum atomic E-state index is 5.65. The van der Waals surface area contributed by atoms with E-state index < -0.39 is 0 Å². The zero-order valence-corrected chi connectivity index (χ0v) is 11.4. The number of hydrogen-bond acceptors (Lipinski definition) is 4. The van der Waals surface area contributed by atoms with Crippen LogP contribution in [-0.4, -0.2) is 14.6 Å². The number of nitrogens with zero attached hydrogens (tertiary/aromatic N) is 3. The molecule has 0 aliphatic carbocycles. The number of aryl methyl sites for hydroxylation is 3. The van der Waals surface area contributed by atoms with Crippen LogP contribution in [0.3, 0.4) is 0 Å². The highest BCUT2D eigenvalue weighted by atomic mass is 32.1. The van der Waals surface area contributed by atoms with Crippen molar-refractivity contribution in [1.82, 2.24) is 14.6 Å². The Labute approximate surface area is 109 Å². The van der Waals surface area contributed by atoms with E-state index in [1.165, 1.54) is 33.6 Å². The average Bonchev–Trinajstić information content (AvgIpc) is 2.72. The molecule has 2 aromatic heterocycles. The second-order valence-electron chi connectivity index (χ2n) is 4.57. The summed E-state index contributed by atoms with van der Waals surface area (Å²) in [7, 11) is 0. The van der Waals surface area contributed by atoms with E-state index >= 15 is 0 Å². The predicted octanol–water partition coefficient (Wildman–Crippen LogP) is 2.97. The summed E-state index contributed by atoms with van der Waals surface area (Å²) in [5.41, 5.74) is 11.6. The Balaban J connectivity index is 2.22. The third-order valence-electron chi connectivity index (χ3n) is 2.99. The fraction of sp³-hybridized carbons (Fsp3) is 0.231. The minimum absolute atomic E-state index is 0.543. The van der Waals surface area contributed by atoms with Crippen molar-refractivity contribution in [3.05, 3.63) is 35.0 Å². The maximum absolute atomic E-state index is 5.65. The number of nitrogen functional groups attached to an aromatic ring is 1. The van der Waals surface area contributed by atoms with Crippen molar-refractivity contribution < 1.29 is 0 Å². The van der Waals surface area contributed by atoms with Gasteiger partial charge in [-0.05, 0) is 31.9 Å². The van der Waals surface area contributed by atoms with Crippen molar-refractivity contribution in [2.45, 2.75) is 20.8 Å². The molecule has 0 spiro atoms. The minimum atomic E-state index is 0.543. The van der Waals surface area contributed by atoms with Crippen molar-refractivity contribution in [3.63, 3.8) is 0 Å². The standard InChI is InChI=1S/C13H14N4S/c1-7-4-8(2)11(9(3)5-7)10-6-17-13(15-10)18-12(14)16-17/h4-6H,1-3H3,(H2,14,16). The third kappa shape index (κ3) is 1.67. The summed E-state index contributed by atoms with van der Waals surface area (Å²) in [6, 6.07) is 4.36. The molecular weight excluding hydrogens is 244 g/mol. The lowest BCUT2D eigenvalue weighted by molar-refractivity contribution is 0.981. The molecule has 0 fully saturated rings. The van der Waals surface area contributed by atoms with E-state index in [9.17, 15) is 0 Å². The first-order valence-corrected chi connectivity index (χ1v) is 6.56. The van der Waals surface area contributed by atoms with Gasteiger partial charge in [-0.2, -0.15) is 0 Å². The monoisotopic (exact) mass is 258 g/mol. The van der Waals surface area contributed by atoms with Crippen LogP contribution in [0.5, 0.6) is 0 Å². The van der Waals surface area contributed by atoms with Gasteiger partial charge < -0.3 is 5.73 Å². The lowest BCUT2D eigenvalue weighted by atomic mass is 9.98. The summed E-state index contributed by atoms with van der Waals surface area (Å²) in [5, 5.41) is 4.73. The lowest BCUT2D eigenvalue weighted by Crippen LogP contribution is -1.90. The molecule has 92 valence electrons. The molecule has 2 N–H and O–H groups in total. The van der Waals surface area contributed by atoms with Gasteiger partial charge >= 0.3 is 0 Å². The van der Waals surface area contributed by atoms with Gasteiger partial charge in [0.25, 0.3) is 0 Å². The van der Waals surface area contributed by atoms with Crippen molar-refractivity contribution in [1.29, 1.82) is 0 Å². The van der Waals surface area contributed by atoms with Crippen molar-refractivity contribution in [2.75, 3.05) is 5.73 Å². The molecule has 4 nitrogen and oxygen atoms in total. The van der Waals surface area contributed by atoms with Crippen LogP contribution in [0.15, 0.2) is 18.3 Å². The molecule has 0 radical (unpaired) electrons. The van der Waals surface area contributed by atoms with Crippen LogP contribution in [-0.2, 0) is 0 Å². The second kappa shape index (κ2) is 3.81. The Kier molecular flexibility index (Phi) is 2.38. The topological polar surface area (TPSA) is 56.2 Å². The van der Waals surface area contributed by atoms with E-state index in [1.807, 2.05) is 6.20 Å². The quantitative estimate of drug-likeness (QED) is 0.730. The molecule has 0 amide bonds. The van der Waals surface area contributed by atoms with Gasteiger partial charge in [0, 0.05) is 5.56 Å². The molecule has 0 atom stereocenters. The number of benzene rings is 1. The molecule has 3 aromatic rings. The van der Waals surface area contributed by atoms with Crippen LogP contribution in [0.25, 0.3) is 16.2 Å². The summed E-state index contributed by atoms with van der Waals surface area (Å²) >= 11 is 1.40. The Bertz CT molecular complexity index is 684. The van der Waals surface area contributed by atoms with Crippen molar-refractivity contribution >= 4 is 21.4 Å². The van der Waals surface area contributed by atoms with Crippen molar-refractivity contribution in [2.24, 2.45) is 0 Å². The molecular formula is C13H14N4S. The first-order valence-electron chi connectivity index (χ1n) is 5.74. The van der Waals surface area contributed by atoms with Gasteiger partial charge in [0.2, 0.25) is 10.1 Å². The highest BCUT2D eigenvalue weighted by Crippen LogP contribution is 2.29. The van der Waals surface area contributed by atoms with Gasteiger partial charge in [0.15, 0.2) is 0 Å². The average molecular weight is 258 g/mol. The number of rotatable bonds is 1. The van der Waals surface area contributed by atoms with Crippen LogP contribution in [0.2, 0.25) is 0 Å². The van der Waals surface area contributed by atoms with Gasteiger partial charge in [-0.1, -0.05) is 29.0 Å². The molecule has 0 saturated heterocycles. The maximum Gasteiger partial charge on any atom is 0.214 e. The predicted molar refractivity (Wildman–Crippen MR) is 74.9 cm³/mol. The zero-order valence-electron chi connectivity index (χ0n) is 10.6. The van der Waals surface area contributed by atoms with E-state index in [0.717, 1.165) is 10.7 Å². The first kappa shape index (κ1) is 11.2. The van der Waals surface area contributed by atoms with E-state index in [0.29, 0.717) is 5.13 Å². The SMILES string of the molecule is Cc1cc(C)c(-c2cn3nc(N)sc3n2)c(C)c1. The highest BCUT2D eigenvalue weighted by molar-refractivity contribution is 7.20. The summed E-state index contributed by atoms with van der Waals surface area (Å²) in [5.74, 6) is 0. The van der Waals surface area contributed by atoms with Crippen LogP contribution >= 0.6 is 11.3 Å². The fourth-order valence-electron chi connectivity index (χ4n) is 2.42. The van der Waals surface area contributed by atoms with Gasteiger partial charge in [0.05, 0.1) is 11.9 Å². The summed E-state index contributed by atoms with van der Waals surface area (Å²) in [6.07, 6.45) is 1.94. The van der Waals surface area contributed by atoms with Crippen LogP contribution in [0.1, 0.15) is 16.7 Å².